The second-order valence-electron chi connectivity index (χ2n) is 7.14. The van der Waals surface area contributed by atoms with Crippen LogP contribution in [0.15, 0.2) is 72.1 Å². The number of carbonyl (C=O) groups excluding carboxylic acids is 1. The van der Waals surface area contributed by atoms with Crippen LogP contribution in [0.5, 0.6) is 0 Å². The van der Waals surface area contributed by atoms with Crippen LogP contribution in [0.3, 0.4) is 0 Å². The Balaban J connectivity index is 1.37. The fourth-order valence-corrected chi connectivity index (χ4v) is 4.42. The zero-order valence-electron chi connectivity index (χ0n) is 16.2. The Bertz CT molecular complexity index is 924. The number of aromatic nitrogens is 3. The zero-order chi connectivity index (χ0) is 19.9. The normalized spacial score (nSPS) is 15.7. The van der Waals surface area contributed by atoms with Gasteiger partial charge in [-0.15, -0.1) is 10.2 Å². The molecule has 1 N–H and O–H groups in total. The lowest BCUT2D eigenvalue weighted by atomic mass is 9.74. The molecule has 0 bridgehead atoms. The molecule has 7 heteroatoms. The third-order valence-electron chi connectivity index (χ3n) is 5.34. The van der Waals surface area contributed by atoms with Gasteiger partial charge in [-0.05, 0) is 30.5 Å². The standard InChI is InChI=1S/C22H24N4O2S/c27-20(15-29-21-25-24-17-26(21)19-9-5-2-6-10-19)23-16-22(11-13-28-14-12-22)18-7-3-1-4-8-18/h1-10,17H,11-16H2,(H,23,27). The molecule has 0 unspecified atom stereocenters. The Morgan fingerprint density at radius 1 is 1.07 bits per heavy atom. The van der Waals surface area contributed by atoms with Gasteiger partial charge in [-0.25, -0.2) is 0 Å². The van der Waals surface area contributed by atoms with Gasteiger partial charge in [-0.2, -0.15) is 0 Å². The van der Waals surface area contributed by atoms with E-state index in [0.29, 0.717) is 17.5 Å². The van der Waals surface area contributed by atoms with E-state index in [-0.39, 0.29) is 11.3 Å². The average molecular weight is 409 g/mol. The molecule has 1 fully saturated rings. The molecular weight excluding hydrogens is 384 g/mol. The van der Waals surface area contributed by atoms with Crippen LogP contribution in [0.4, 0.5) is 0 Å². The van der Waals surface area contributed by atoms with Crippen LogP contribution in [0.1, 0.15) is 18.4 Å². The van der Waals surface area contributed by atoms with E-state index in [1.165, 1.54) is 17.3 Å². The van der Waals surface area contributed by atoms with Crippen molar-refractivity contribution in [3.05, 3.63) is 72.6 Å². The van der Waals surface area contributed by atoms with Crippen molar-refractivity contribution in [2.45, 2.75) is 23.4 Å². The van der Waals surface area contributed by atoms with Gasteiger partial charge in [-0.3, -0.25) is 9.36 Å². The third-order valence-corrected chi connectivity index (χ3v) is 6.29. The molecule has 1 aliphatic rings. The average Bonchev–Trinajstić information content (AvgIpc) is 3.27. The Morgan fingerprint density at radius 2 is 1.76 bits per heavy atom. The zero-order valence-corrected chi connectivity index (χ0v) is 17.0. The summed E-state index contributed by atoms with van der Waals surface area (Å²) in [6.45, 7) is 2.06. The van der Waals surface area contributed by atoms with Crippen molar-refractivity contribution in [3.8, 4) is 5.69 Å². The third kappa shape index (κ3) is 4.68. The number of nitrogens with zero attached hydrogens (tertiary/aromatic N) is 3. The van der Waals surface area contributed by atoms with Crippen molar-refractivity contribution >= 4 is 17.7 Å². The number of nitrogens with one attached hydrogen (secondary N) is 1. The van der Waals surface area contributed by atoms with E-state index < -0.39 is 0 Å². The predicted molar refractivity (Wildman–Crippen MR) is 113 cm³/mol. The molecule has 1 amide bonds. The van der Waals surface area contributed by atoms with Crippen molar-refractivity contribution < 1.29 is 9.53 Å². The van der Waals surface area contributed by atoms with Crippen LogP contribution in [-0.2, 0) is 14.9 Å². The Morgan fingerprint density at radius 3 is 2.48 bits per heavy atom. The molecule has 4 rings (SSSR count). The van der Waals surface area contributed by atoms with Gasteiger partial charge < -0.3 is 10.1 Å². The quantitative estimate of drug-likeness (QED) is 0.608. The maximum absolute atomic E-state index is 12.6. The lowest BCUT2D eigenvalue weighted by Gasteiger charge is -2.38. The molecule has 0 aliphatic carbocycles. The van der Waals surface area contributed by atoms with Gasteiger partial charge in [-0.1, -0.05) is 60.3 Å². The van der Waals surface area contributed by atoms with Crippen LogP contribution in [-0.4, -0.2) is 46.2 Å². The van der Waals surface area contributed by atoms with E-state index in [9.17, 15) is 4.79 Å². The Kier molecular flexibility index (Phi) is 6.27. The number of rotatable bonds is 7. The first-order chi connectivity index (χ1) is 14.3. The lowest BCUT2D eigenvalue weighted by molar-refractivity contribution is -0.119. The molecule has 0 spiro atoms. The summed E-state index contributed by atoms with van der Waals surface area (Å²) < 4.78 is 7.46. The molecule has 0 atom stereocenters. The Hall–Kier alpha value is -2.64. The summed E-state index contributed by atoms with van der Waals surface area (Å²) in [7, 11) is 0. The maximum Gasteiger partial charge on any atom is 0.230 e. The second kappa shape index (κ2) is 9.24. The van der Waals surface area contributed by atoms with Crippen molar-refractivity contribution in [3.63, 3.8) is 0 Å². The molecule has 3 aromatic rings. The van der Waals surface area contributed by atoms with Crippen LogP contribution in [0.2, 0.25) is 0 Å². The topological polar surface area (TPSA) is 69.0 Å². The molecule has 1 aromatic heterocycles. The van der Waals surface area contributed by atoms with Gasteiger partial charge in [0.05, 0.1) is 5.75 Å². The molecular formula is C22H24N4O2S. The summed E-state index contributed by atoms with van der Waals surface area (Å²) >= 11 is 1.39. The van der Waals surface area contributed by atoms with Crippen LogP contribution in [0, 0.1) is 0 Å². The summed E-state index contributed by atoms with van der Waals surface area (Å²) in [4.78, 5) is 12.6. The van der Waals surface area contributed by atoms with Gasteiger partial charge in [0.15, 0.2) is 5.16 Å². The minimum absolute atomic E-state index is 0.000547. The number of benzene rings is 2. The highest BCUT2D eigenvalue weighted by atomic mass is 32.2. The van der Waals surface area contributed by atoms with E-state index in [0.717, 1.165) is 31.7 Å². The molecule has 0 radical (unpaired) electrons. The van der Waals surface area contributed by atoms with E-state index in [1.54, 1.807) is 6.33 Å². The second-order valence-corrected chi connectivity index (χ2v) is 8.09. The van der Waals surface area contributed by atoms with E-state index >= 15 is 0 Å². The van der Waals surface area contributed by atoms with Crippen molar-refractivity contribution in [2.24, 2.45) is 0 Å². The highest BCUT2D eigenvalue weighted by Crippen LogP contribution is 2.34. The van der Waals surface area contributed by atoms with Crippen LogP contribution in [0.25, 0.3) is 5.69 Å². The highest BCUT2D eigenvalue weighted by molar-refractivity contribution is 7.99. The van der Waals surface area contributed by atoms with Crippen molar-refractivity contribution in [1.29, 1.82) is 0 Å². The maximum atomic E-state index is 12.6. The highest BCUT2D eigenvalue weighted by Gasteiger charge is 2.34. The molecule has 6 nitrogen and oxygen atoms in total. The molecule has 1 aliphatic heterocycles. The van der Waals surface area contributed by atoms with E-state index in [2.05, 4.69) is 39.8 Å². The number of carbonyl (C=O) groups is 1. The largest absolute Gasteiger partial charge is 0.381 e. The van der Waals surface area contributed by atoms with Crippen molar-refractivity contribution in [2.75, 3.05) is 25.5 Å². The Labute approximate surface area is 174 Å². The van der Waals surface area contributed by atoms with Gasteiger partial charge >= 0.3 is 0 Å². The number of hydrogen-bond acceptors (Lipinski definition) is 5. The first-order valence-electron chi connectivity index (χ1n) is 9.75. The smallest absolute Gasteiger partial charge is 0.230 e. The first kappa shape index (κ1) is 19.7. The first-order valence-corrected chi connectivity index (χ1v) is 10.7. The van der Waals surface area contributed by atoms with Gasteiger partial charge in [0.25, 0.3) is 0 Å². The fraction of sp³-hybridized carbons (Fsp3) is 0.318. The molecule has 2 heterocycles. The van der Waals surface area contributed by atoms with Gasteiger partial charge in [0.1, 0.15) is 6.33 Å². The minimum Gasteiger partial charge on any atom is -0.381 e. The lowest BCUT2D eigenvalue weighted by Crippen LogP contribution is -2.45. The summed E-state index contributed by atoms with van der Waals surface area (Å²) in [6, 6.07) is 20.3. The van der Waals surface area contributed by atoms with Crippen LogP contribution < -0.4 is 5.32 Å². The summed E-state index contributed by atoms with van der Waals surface area (Å²) in [5.41, 5.74) is 2.18. The predicted octanol–water partition coefficient (Wildman–Crippen LogP) is 3.22. The number of hydrogen-bond donors (Lipinski definition) is 1. The molecule has 29 heavy (non-hydrogen) atoms. The fourth-order valence-electron chi connectivity index (χ4n) is 3.66. The molecule has 2 aromatic carbocycles. The van der Waals surface area contributed by atoms with Crippen LogP contribution >= 0.6 is 11.8 Å². The SMILES string of the molecule is O=C(CSc1nncn1-c1ccccc1)NCC1(c2ccccc2)CCOCC1. The number of amides is 1. The number of thioether (sulfide) groups is 1. The summed E-state index contributed by atoms with van der Waals surface area (Å²) in [5.74, 6) is 0.298. The minimum atomic E-state index is -0.0656. The summed E-state index contributed by atoms with van der Waals surface area (Å²) in [5, 5.41) is 12.0. The van der Waals surface area contributed by atoms with E-state index in [4.69, 9.17) is 4.74 Å². The molecule has 150 valence electrons. The monoisotopic (exact) mass is 408 g/mol. The summed E-state index contributed by atoms with van der Waals surface area (Å²) in [6.07, 6.45) is 3.49. The number of para-hydroxylation sites is 1. The molecule has 0 saturated carbocycles. The molecule has 1 saturated heterocycles. The number of ether oxygens (including phenoxy) is 1. The van der Waals surface area contributed by atoms with E-state index in [1.807, 2.05) is 41.0 Å². The van der Waals surface area contributed by atoms with Gasteiger partial charge in [0, 0.05) is 30.9 Å². The van der Waals surface area contributed by atoms with Gasteiger partial charge in [0.2, 0.25) is 5.91 Å². The van der Waals surface area contributed by atoms with Crippen molar-refractivity contribution in [1.82, 2.24) is 20.1 Å².